The van der Waals surface area contributed by atoms with E-state index in [0.717, 1.165) is 5.56 Å². The molecule has 0 spiro atoms. The number of pyridine rings is 1. The van der Waals surface area contributed by atoms with E-state index in [1.165, 1.54) is 0 Å². The minimum Gasteiger partial charge on any atom is -0.444 e. The molecule has 0 radical (unpaired) electrons. The number of nitrogens with one attached hydrogen (secondary N) is 2. The van der Waals surface area contributed by atoms with Crippen molar-refractivity contribution in [2.45, 2.75) is 32.8 Å². The Balaban J connectivity index is 1.80. The molecule has 0 saturated heterocycles. The third kappa shape index (κ3) is 6.63. The van der Waals surface area contributed by atoms with Crippen molar-refractivity contribution in [3.8, 4) is 0 Å². The Kier molecular flexibility index (Phi) is 6.11. The number of aromatic nitrogens is 1. The largest absolute Gasteiger partial charge is 0.444 e. The first kappa shape index (κ1) is 18.4. The first-order chi connectivity index (χ1) is 11.8. The molecule has 1 aromatic heterocycles. The Morgan fingerprint density at radius 2 is 1.80 bits per heavy atom. The predicted molar refractivity (Wildman–Crippen MR) is 96.6 cm³/mol. The van der Waals surface area contributed by atoms with Crippen LogP contribution in [0.1, 0.15) is 36.8 Å². The first-order valence-electron chi connectivity index (χ1n) is 8.12. The van der Waals surface area contributed by atoms with Gasteiger partial charge >= 0.3 is 6.09 Å². The van der Waals surface area contributed by atoms with E-state index in [1.54, 1.807) is 24.4 Å². The van der Waals surface area contributed by atoms with Gasteiger partial charge in [-0.05, 0) is 57.0 Å². The van der Waals surface area contributed by atoms with Gasteiger partial charge in [0, 0.05) is 18.4 Å². The molecule has 2 aromatic rings. The van der Waals surface area contributed by atoms with Crippen LogP contribution in [0.4, 0.5) is 10.5 Å². The molecule has 0 bridgehead atoms. The summed E-state index contributed by atoms with van der Waals surface area (Å²) in [5.41, 5.74) is 1.61. The average Bonchev–Trinajstić information content (AvgIpc) is 2.55. The zero-order chi connectivity index (χ0) is 18.3. The molecular formula is C19H23N3O3. The van der Waals surface area contributed by atoms with E-state index in [0.29, 0.717) is 24.3 Å². The standard InChI is InChI=1S/C19H23N3O3/c1-19(2,3)25-18(24)21-13-11-14-7-9-15(10-8-14)22-17(23)16-6-4-5-12-20-16/h4-10,12H,11,13H2,1-3H3,(H,21,24)(H,22,23). The summed E-state index contributed by atoms with van der Waals surface area (Å²) < 4.78 is 5.18. The molecule has 0 aliphatic heterocycles. The predicted octanol–water partition coefficient (Wildman–Crippen LogP) is 3.40. The second-order valence-corrected chi connectivity index (χ2v) is 6.54. The molecule has 0 atom stereocenters. The van der Waals surface area contributed by atoms with Crippen molar-refractivity contribution in [3.05, 3.63) is 59.9 Å². The second-order valence-electron chi connectivity index (χ2n) is 6.54. The van der Waals surface area contributed by atoms with Gasteiger partial charge in [0.25, 0.3) is 5.91 Å². The van der Waals surface area contributed by atoms with Crippen molar-refractivity contribution in [2.24, 2.45) is 0 Å². The highest BCUT2D eigenvalue weighted by atomic mass is 16.6. The molecule has 132 valence electrons. The third-order valence-electron chi connectivity index (χ3n) is 3.19. The van der Waals surface area contributed by atoms with Gasteiger partial charge in [0.1, 0.15) is 11.3 Å². The van der Waals surface area contributed by atoms with Crippen LogP contribution in [-0.4, -0.2) is 29.1 Å². The Morgan fingerprint density at radius 3 is 2.40 bits per heavy atom. The summed E-state index contributed by atoms with van der Waals surface area (Å²) in [6.07, 6.45) is 1.83. The van der Waals surface area contributed by atoms with Crippen molar-refractivity contribution in [2.75, 3.05) is 11.9 Å². The number of rotatable bonds is 5. The van der Waals surface area contributed by atoms with Crippen LogP contribution in [0.25, 0.3) is 0 Å². The number of benzene rings is 1. The van der Waals surface area contributed by atoms with E-state index in [1.807, 2.05) is 45.0 Å². The van der Waals surface area contributed by atoms with Gasteiger partial charge in [-0.3, -0.25) is 9.78 Å². The van der Waals surface area contributed by atoms with Crippen LogP contribution in [-0.2, 0) is 11.2 Å². The minimum absolute atomic E-state index is 0.250. The molecule has 0 aliphatic carbocycles. The molecule has 0 aliphatic rings. The van der Waals surface area contributed by atoms with Gasteiger partial charge in [0.05, 0.1) is 0 Å². The molecule has 0 fully saturated rings. The Labute approximate surface area is 147 Å². The number of carbonyl (C=O) groups excluding carboxylic acids is 2. The number of amides is 2. The summed E-state index contributed by atoms with van der Waals surface area (Å²) in [6, 6.07) is 12.6. The molecule has 1 heterocycles. The van der Waals surface area contributed by atoms with Crippen LogP contribution in [0.2, 0.25) is 0 Å². The van der Waals surface area contributed by atoms with Gasteiger partial charge in [-0.25, -0.2) is 4.79 Å². The van der Waals surface area contributed by atoms with Gasteiger partial charge in [0.2, 0.25) is 0 Å². The van der Waals surface area contributed by atoms with E-state index in [-0.39, 0.29) is 5.91 Å². The molecule has 2 N–H and O–H groups in total. The fourth-order valence-electron chi connectivity index (χ4n) is 2.07. The van der Waals surface area contributed by atoms with Crippen LogP contribution in [0.15, 0.2) is 48.7 Å². The Bertz CT molecular complexity index is 707. The number of nitrogens with zero attached hydrogens (tertiary/aromatic N) is 1. The van der Waals surface area contributed by atoms with Crippen LogP contribution in [0.3, 0.4) is 0 Å². The van der Waals surface area contributed by atoms with E-state index < -0.39 is 11.7 Å². The molecule has 0 unspecified atom stereocenters. The van der Waals surface area contributed by atoms with E-state index >= 15 is 0 Å². The molecular weight excluding hydrogens is 318 g/mol. The first-order valence-corrected chi connectivity index (χ1v) is 8.12. The lowest BCUT2D eigenvalue weighted by Crippen LogP contribution is -2.33. The minimum atomic E-state index is -0.502. The second kappa shape index (κ2) is 8.28. The zero-order valence-electron chi connectivity index (χ0n) is 14.7. The number of carbonyl (C=O) groups is 2. The molecule has 1 aromatic carbocycles. The van der Waals surface area contributed by atoms with Crippen LogP contribution < -0.4 is 10.6 Å². The van der Waals surface area contributed by atoms with E-state index in [4.69, 9.17) is 4.74 Å². The summed E-state index contributed by atoms with van der Waals surface area (Å²) in [6.45, 7) is 5.95. The van der Waals surface area contributed by atoms with Crippen molar-refractivity contribution in [3.63, 3.8) is 0 Å². The summed E-state index contributed by atoms with van der Waals surface area (Å²) in [7, 11) is 0. The van der Waals surface area contributed by atoms with Crippen molar-refractivity contribution in [1.29, 1.82) is 0 Å². The smallest absolute Gasteiger partial charge is 0.407 e. The van der Waals surface area contributed by atoms with E-state index in [2.05, 4.69) is 15.6 Å². The fraction of sp³-hybridized carbons (Fsp3) is 0.316. The number of anilines is 1. The van der Waals surface area contributed by atoms with Crippen molar-refractivity contribution < 1.29 is 14.3 Å². The molecule has 2 rings (SSSR count). The number of ether oxygens (including phenoxy) is 1. The molecule has 0 saturated carbocycles. The summed E-state index contributed by atoms with van der Waals surface area (Å²) in [5, 5.41) is 5.51. The van der Waals surface area contributed by atoms with Crippen LogP contribution in [0, 0.1) is 0 Å². The highest BCUT2D eigenvalue weighted by Gasteiger charge is 2.15. The number of hydrogen-bond donors (Lipinski definition) is 2. The third-order valence-corrected chi connectivity index (χ3v) is 3.19. The fourth-order valence-corrected chi connectivity index (χ4v) is 2.07. The van der Waals surface area contributed by atoms with Gasteiger partial charge in [-0.1, -0.05) is 18.2 Å². The topological polar surface area (TPSA) is 80.3 Å². The monoisotopic (exact) mass is 341 g/mol. The quantitative estimate of drug-likeness (QED) is 0.873. The number of hydrogen-bond acceptors (Lipinski definition) is 4. The van der Waals surface area contributed by atoms with Gasteiger partial charge in [-0.2, -0.15) is 0 Å². The summed E-state index contributed by atoms with van der Waals surface area (Å²) in [4.78, 5) is 27.6. The van der Waals surface area contributed by atoms with Crippen LogP contribution >= 0.6 is 0 Å². The van der Waals surface area contributed by atoms with Crippen molar-refractivity contribution in [1.82, 2.24) is 10.3 Å². The maximum Gasteiger partial charge on any atom is 0.407 e. The Morgan fingerprint density at radius 1 is 1.08 bits per heavy atom. The highest BCUT2D eigenvalue weighted by molar-refractivity contribution is 6.02. The van der Waals surface area contributed by atoms with Gasteiger partial charge < -0.3 is 15.4 Å². The molecule has 6 heteroatoms. The lowest BCUT2D eigenvalue weighted by atomic mass is 10.1. The highest BCUT2D eigenvalue weighted by Crippen LogP contribution is 2.11. The molecule has 2 amide bonds. The van der Waals surface area contributed by atoms with Crippen LogP contribution in [0.5, 0.6) is 0 Å². The SMILES string of the molecule is CC(C)(C)OC(=O)NCCc1ccc(NC(=O)c2ccccn2)cc1. The van der Waals surface area contributed by atoms with Gasteiger partial charge in [0.15, 0.2) is 0 Å². The lowest BCUT2D eigenvalue weighted by Gasteiger charge is -2.19. The lowest BCUT2D eigenvalue weighted by molar-refractivity contribution is 0.0528. The maximum absolute atomic E-state index is 12.0. The number of alkyl carbamates (subject to hydrolysis) is 1. The normalized spacial score (nSPS) is 10.8. The summed E-state index contributed by atoms with van der Waals surface area (Å²) >= 11 is 0. The van der Waals surface area contributed by atoms with Gasteiger partial charge in [-0.15, -0.1) is 0 Å². The average molecular weight is 341 g/mol. The Hall–Kier alpha value is -2.89. The zero-order valence-corrected chi connectivity index (χ0v) is 14.7. The summed E-state index contributed by atoms with van der Waals surface area (Å²) in [5.74, 6) is -0.250. The van der Waals surface area contributed by atoms with E-state index in [9.17, 15) is 9.59 Å². The molecule has 25 heavy (non-hydrogen) atoms. The molecule has 6 nitrogen and oxygen atoms in total. The van der Waals surface area contributed by atoms with Crippen molar-refractivity contribution >= 4 is 17.7 Å². The maximum atomic E-state index is 12.0.